The van der Waals surface area contributed by atoms with Gasteiger partial charge in [-0.2, -0.15) is 0 Å². The first-order chi connectivity index (χ1) is 11.7. The zero-order valence-electron chi connectivity index (χ0n) is 16.3. The standard InChI is InChI=1S/C22H32O3/c1-14(2)16-7-8-18-17(11-16)19(24)12-20-21(4,13-25-15(3)23)9-6-10-22(18,20)5/h7-8,11,14,19-20,24H,6,9-10,12-13H2,1-5H3/t19-,20+,21-,22-/m1/s1. The lowest BCUT2D eigenvalue weighted by atomic mass is 9.49. The predicted molar refractivity (Wildman–Crippen MR) is 99.5 cm³/mol. The maximum atomic E-state index is 11.4. The van der Waals surface area contributed by atoms with Gasteiger partial charge in [-0.05, 0) is 53.2 Å². The highest BCUT2D eigenvalue weighted by Gasteiger charge is 2.53. The zero-order valence-corrected chi connectivity index (χ0v) is 16.3. The summed E-state index contributed by atoms with van der Waals surface area (Å²) < 4.78 is 5.43. The van der Waals surface area contributed by atoms with E-state index in [1.807, 2.05) is 0 Å². The molecule has 0 aromatic heterocycles. The Morgan fingerprint density at radius 3 is 2.68 bits per heavy atom. The molecule has 25 heavy (non-hydrogen) atoms. The van der Waals surface area contributed by atoms with Gasteiger partial charge in [0.2, 0.25) is 0 Å². The Hall–Kier alpha value is -1.35. The van der Waals surface area contributed by atoms with Crippen molar-refractivity contribution >= 4 is 5.97 Å². The van der Waals surface area contributed by atoms with Crippen LogP contribution in [0.3, 0.4) is 0 Å². The van der Waals surface area contributed by atoms with Crippen molar-refractivity contribution in [1.82, 2.24) is 0 Å². The first-order valence-electron chi connectivity index (χ1n) is 9.63. The van der Waals surface area contributed by atoms with Gasteiger partial charge in [0, 0.05) is 12.3 Å². The van der Waals surface area contributed by atoms with Gasteiger partial charge < -0.3 is 9.84 Å². The molecule has 0 spiro atoms. The number of aliphatic hydroxyl groups excluding tert-OH is 1. The molecule has 0 aliphatic heterocycles. The molecule has 138 valence electrons. The van der Waals surface area contributed by atoms with E-state index in [0.29, 0.717) is 18.4 Å². The molecule has 1 fully saturated rings. The summed E-state index contributed by atoms with van der Waals surface area (Å²) in [4.78, 5) is 11.4. The summed E-state index contributed by atoms with van der Waals surface area (Å²) in [5.74, 6) is 0.566. The third kappa shape index (κ3) is 3.12. The quantitative estimate of drug-likeness (QED) is 0.795. The summed E-state index contributed by atoms with van der Waals surface area (Å²) in [5.41, 5.74) is 3.67. The molecule has 1 saturated carbocycles. The van der Waals surface area contributed by atoms with Gasteiger partial charge in [-0.25, -0.2) is 0 Å². The minimum Gasteiger partial charge on any atom is -0.465 e. The molecule has 3 rings (SSSR count). The Balaban J connectivity index is 2.02. The summed E-state index contributed by atoms with van der Waals surface area (Å²) in [7, 11) is 0. The number of aliphatic hydroxyl groups is 1. The summed E-state index contributed by atoms with van der Waals surface area (Å²) >= 11 is 0. The van der Waals surface area contributed by atoms with Crippen molar-refractivity contribution in [2.45, 2.75) is 77.7 Å². The molecule has 0 bridgehead atoms. The molecule has 0 heterocycles. The van der Waals surface area contributed by atoms with Gasteiger partial charge in [-0.1, -0.05) is 52.3 Å². The second-order valence-electron chi connectivity index (χ2n) is 9.01. The highest BCUT2D eigenvalue weighted by atomic mass is 16.5. The minimum atomic E-state index is -0.429. The molecule has 0 saturated heterocycles. The lowest BCUT2D eigenvalue weighted by Gasteiger charge is -2.56. The van der Waals surface area contributed by atoms with Crippen molar-refractivity contribution in [3.63, 3.8) is 0 Å². The Morgan fingerprint density at radius 2 is 2.04 bits per heavy atom. The third-order valence-corrected chi connectivity index (χ3v) is 6.84. The van der Waals surface area contributed by atoms with Crippen LogP contribution in [0.25, 0.3) is 0 Å². The lowest BCUT2D eigenvalue weighted by molar-refractivity contribution is -0.149. The predicted octanol–water partition coefficient (Wildman–Crippen LogP) is 4.87. The molecule has 1 aromatic rings. The van der Waals surface area contributed by atoms with E-state index < -0.39 is 6.10 Å². The van der Waals surface area contributed by atoms with E-state index in [1.54, 1.807) is 0 Å². The molecule has 2 aliphatic carbocycles. The van der Waals surface area contributed by atoms with Crippen molar-refractivity contribution in [2.24, 2.45) is 11.3 Å². The number of hydrogen-bond acceptors (Lipinski definition) is 3. The zero-order chi connectivity index (χ0) is 18.4. The smallest absolute Gasteiger partial charge is 0.302 e. The molecule has 4 atom stereocenters. The van der Waals surface area contributed by atoms with E-state index in [0.717, 1.165) is 31.2 Å². The normalized spacial score (nSPS) is 34.4. The van der Waals surface area contributed by atoms with E-state index in [4.69, 9.17) is 4.74 Å². The number of carbonyl (C=O) groups excluding carboxylic acids is 1. The molecule has 2 aliphatic rings. The van der Waals surface area contributed by atoms with Gasteiger partial charge in [-0.15, -0.1) is 0 Å². The number of esters is 1. The van der Waals surface area contributed by atoms with E-state index in [9.17, 15) is 9.90 Å². The van der Waals surface area contributed by atoms with Crippen LogP contribution in [0.5, 0.6) is 0 Å². The Morgan fingerprint density at radius 1 is 1.32 bits per heavy atom. The van der Waals surface area contributed by atoms with Crippen LogP contribution in [-0.2, 0) is 14.9 Å². The summed E-state index contributed by atoms with van der Waals surface area (Å²) in [5, 5.41) is 10.9. The SMILES string of the molecule is CC(=O)OC[C@@]1(C)CCC[C@]2(C)c3ccc(C(C)C)cc3[C@H](O)C[C@@H]12. The number of ether oxygens (including phenoxy) is 1. The number of benzene rings is 1. The van der Waals surface area contributed by atoms with E-state index in [-0.39, 0.29) is 16.8 Å². The van der Waals surface area contributed by atoms with Gasteiger partial charge in [0.15, 0.2) is 0 Å². The van der Waals surface area contributed by atoms with Crippen LogP contribution in [0.4, 0.5) is 0 Å². The van der Waals surface area contributed by atoms with Crippen LogP contribution in [-0.4, -0.2) is 17.7 Å². The fraction of sp³-hybridized carbons (Fsp3) is 0.682. The fourth-order valence-electron chi connectivity index (χ4n) is 5.37. The van der Waals surface area contributed by atoms with Crippen LogP contribution in [0, 0.1) is 11.3 Å². The average Bonchev–Trinajstić information content (AvgIpc) is 2.55. The van der Waals surface area contributed by atoms with Gasteiger partial charge in [0.1, 0.15) is 0 Å². The van der Waals surface area contributed by atoms with E-state index >= 15 is 0 Å². The van der Waals surface area contributed by atoms with E-state index in [2.05, 4.69) is 45.9 Å². The molecule has 3 heteroatoms. The van der Waals surface area contributed by atoms with Gasteiger partial charge >= 0.3 is 5.97 Å². The van der Waals surface area contributed by atoms with Crippen LogP contribution >= 0.6 is 0 Å². The lowest BCUT2D eigenvalue weighted by Crippen LogP contribution is -2.51. The summed E-state index contributed by atoms with van der Waals surface area (Å²) in [6.45, 7) is 10.9. The van der Waals surface area contributed by atoms with Crippen molar-refractivity contribution in [3.8, 4) is 0 Å². The van der Waals surface area contributed by atoms with Crippen molar-refractivity contribution < 1.29 is 14.6 Å². The molecular formula is C22H32O3. The molecule has 0 radical (unpaired) electrons. The van der Waals surface area contributed by atoms with Gasteiger partial charge in [0.25, 0.3) is 0 Å². The Bertz CT molecular complexity index is 665. The fourth-order valence-corrected chi connectivity index (χ4v) is 5.37. The first kappa shape index (κ1) is 18.4. The molecule has 1 aromatic carbocycles. The van der Waals surface area contributed by atoms with Crippen molar-refractivity contribution in [3.05, 3.63) is 34.9 Å². The largest absolute Gasteiger partial charge is 0.465 e. The summed E-state index contributed by atoms with van der Waals surface area (Å²) in [6.07, 6.45) is 3.64. The van der Waals surface area contributed by atoms with Crippen LogP contribution in [0.1, 0.15) is 89.0 Å². The average molecular weight is 344 g/mol. The van der Waals surface area contributed by atoms with Gasteiger partial charge in [-0.3, -0.25) is 4.79 Å². The Labute approximate surface area is 151 Å². The first-order valence-corrected chi connectivity index (χ1v) is 9.63. The van der Waals surface area contributed by atoms with E-state index in [1.165, 1.54) is 18.1 Å². The number of carbonyl (C=O) groups is 1. The van der Waals surface area contributed by atoms with Crippen molar-refractivity contribution in [2.75, 3.05) is 6.61 Å². The number of rotatable bonds is 3. The molecule has 3 nitrogen and oxygen atoms in total. The topological polar surface area (TPSA) is 46.5 Å². The molecule has 0 amide bonds. The highest BCUT2D eigenvalue weighted by molar-refractivity contribution is 5.65. The Kier molecular flexibility index (Phi) is 4.74. The second kappa shape index (κ2) is 6.42. The van der Waals surface area contributed by atoms with Crippen molar-refractivity contribution in [1.29, 1.82) is 0 Å². The monoisotopic (exact) mass is 344 g/mol. The van der Waals surface area contributed by atoms with Crippen LogP contribution < -0.4 is 0 Å². The van der Waals surface area contributed by atoms with Crippen LogP contribution in [0.15, 0.2) is 18.2 Å². The number of hydrogen-bond donors (Lipinski definition) is 1. The maximum absolute atomic E-state index is 11.4. The molecular weight excluding hydrogens is 312 g/mol. The molecule has 0 unspecified atom stereocenters. The number of fused-ring (bicyclic) bond motifs is 3. The van der Waals surface area contributed by atoms with Crippen LogP contribution in [0.2, 0.25) is 0 Å². The second-order valence-corrected chi connectivity index (χ2v) is 9.01. The molecule has 1 N–H and O–H groups in total. The minimum absolute atomic E-state index is 0.0389. The highest BCUT2D eigenvalue weighted by Crippen LogP contribution is 2.59. The summed E-state index contributed by atoms with van der Waals surface area (Å²) in [6, 6.07) is 6.68. The van der Waals surface area contributed by atoms with Gasteiger partial charge in [0.05, 0.1) is 12.7 Å². The third-order valence-electron chi connectivity index (χ3n) is 6.84. The maximum Gasteiger partial charge on any atom is 0.302 e.